The van der Waals surface area contributed by atoms with Crippen molar-refractivity contribution in [1.82, 2.24) is 0 Å². The minimum Gasteiger partial charge on any atom is -0.493 e. The number of rotatable bonds is 5. The van der Waals surface area contributed by atoms with Crippen LogP contribution < -0.4 is 4.74 Å². The van der Waals surface area contributed by atoms with Gasteiger partial charge in [-0.2, -0.15) is 0 Å². The molecule has 1 heterocycles. The number of aryl methyl sites for hydroxylation is 1. The van der Waals surface area contributed by atoms with Crippen molar-refractivity contribution in [2.24, 2.45) is 11.8 Å². The molecule has 1 fully saturated rings. The van der Waals surface area contributed by atoms with Crippen molar-refractivity contribution in [3.8, 4) is 5.75 Å². The normalized spacial score (nSPS) is 24.4. The number of hydrogen-bond acceptors (Lipinski definition) is 2. The molecule has 0 saturated heterocycles. The number of fused-ring (bicyclic) bond motifs is 1. The number of carbonyl (C=O) groups is 1. The first-order valence-corrected chi connectivity index (χ1v) is 8.03. The number of benzene rings is 1. The molecule has 1 aromatic rings. The largest absolute Gasteiger partial charge is 0.493 e. The van der Waals surface area contributed by atoms with Crippen LogP contribution in [0.5, 0.6) is 5.75 Å². The molecular formula is C18H24O2. The van der Waals surface area contributed by atoms with E-state index in [-0.39, 0.29) is 0 Å². The summed E-state index contributed by atoms with van der Waals surface area (Å²) >= 11 is 0. The Morgan fingerprint density at radius 1 is 1.35 bits per heavy atom. The summed E-state index contributed by atoms with van der Waals surface area (Å²) in [7, 11) is 0. The molecule has 0 amide bonds. The summed E-state index contributed by atoms with van der Waals surface area (Å²) in [6.45, 7) is 3.04. The van der Waals surface area contributed by atoms with E-state index in [0.29, 0.717) is 18.1 Å². The fourth-order valence-corrected chi connectivity index (χ4v) is 3.61. The molecule has 0 bridgehead atoms. The summed E-state index contributed by atoms with van der Waals surface area (Å²) < 4.78 is 5.52. The molecule has 108 valence electrons. The average Bonchev–Trinajstić information content (AvgIpc) is 3.12. The van der Waals surface area contributed by atoms with Crippen LogP contribution >= 0.6 is 0 Å². The van der Waals surface area contributed by atoms with Crippen molar-refractivity contribution in [3.63, 3.8) is 0 Å². The standard InChI is InChI=1S/C18H24O2/c1-2-13-3-6-15(11-13)17(19)7-4-14-5-8-18-16(12-14)9-10-20-18/h5,8,12-13,15H,2-4,6-7,9-11H2,1H3. The molecule has 2 heteroatoms. The van der Waals surface area contributed by atoms with E-state index in [9.17, 15) is 4.79 Å². The number of carbonyl (C=O) groups excluding carboxylic acids is 1. The van der Waals surface area contributed by atoms with Gasteiger partial charge in [0.1, 0.15) is 11.5 Å². The first-order chi connectivity index (χ1) is 9.76. The molecule has 2 aliphatic rings. The predicted molar refractivity (Wildman–Crippen MR) is 80.1 cm³/mol. The lowest BCUT2D eigenvalue weighted by atomic mass is 9.94. The van der Waals surface area contributed by atoms with Crippen LogP contribution in [0.1, 0.15) is 50.2 Å². The number of Topliss-reactive ketones (excluding diaryl/α,β-unsaturated/α-hetero) is 1. The van der Waals surface area contributed by atoms with Crippen LogP contribution in [-0.2, 0) is 17.6 Å². The monoisotopic (exact) mass is 272 g/mol. The highest BCUT2D eigenvalue weighted by molar-refractivity contribution is 5.81. The van der Waals surface area contributed by atoms with Crippen LogP contribution in [0.15, 0.2) is 18.2 Å². The molecule has 20 heavy (non-hydrogen) atoms. The zero-order chi connectivity index (χ0) is 13.9. The number of hydrogen-bond donors (Lipinski definition) is 0. The second-order valence-electron chi connectivity index (χ2n) is 6.29. The number of ketones is 1. The highest BCUT2D eigenvalue weighted by Crippen LogP contribution is 2.34. The summed E-state index contributed by atoms with van der Waals surface area (Å²) in [5, 5.41) is 0. The third-order valence-electron chi connectivity index (χ3n) is 4.99. The van der Waals surface area contributed by atoms with Gasteiger partial charge in [-0.25, -0.2) is 0 Å². The van der Waals surface area contributed by atoms with Crippen molar-refractivity contribution in [1.29, 1.82) is 0 Å². The van der Waals surface area contributed by atoms with E-state index in [2.05, 4.69) is 25.1 Å². The van der Waals surface area contributed by atoms with E-state index in [4.69, 9.17) is 4.74 Å². The van der Waals surface area contributed by atoms with Gasteiger partial charge < -0.3 is 4.74 Å². The maximum absolute atomic E-state index is 12.3. The molecular weight excluding hydrogens is 248 g/mol. The van der Waals surface area contributed by atoms with Crippen molar-refractivity contribution < 1.29 is 9.53 Å². The summed E-state index contributed by atoms with van der Waals surface area (Å²) in [6, 6.07) is 6.39. The van der Waals surface area contributed by atoms with E-state index in [1.54, 1.807) is 0 Å². The molecule has 1 aliphatic carbocycles. The summed E-state index contributed by atoms with van der Waals surface area (Å²) in [5.41, 5.74) is 2.59. The second kappa shape index (κ2) is 5.99. The molecule has 0 aromatic heterocycles. The van der Waals surface area contributed by atoms with Crippen LogP contribution in [-0.4, -0.2) is 12.4 Å². The minimum atomic E-state index is 0.345. The molecule has 0 N–H and O–H groups in total. The van der Waals surface area contributed by atoms with Crippen LogP contribution in [0.4, 0.5) is 0 Å². The van der Waals surface area contributed by atoms with Crippen LogP contribution in [0.2, 0.25) is 0 Å². The zero-order valence-corrected chi connectivity index (χ0v) is 12.4. The Hall–Kier alpha value is -1.31. The Morgan fingerprint density at radius 3 is 3.05 bits per heavy atom. The zero-order valence-electron chi connectivity index (χ0n) is 12.4. The third-order valence-corrected chi connectivity index (χ3v) is 4.99. The Kier molecular flexibility index (Phi) is 4.09. The lowest BCUT2D eigenvalue weighted by molar-refractivity contribution is -0.122. The SMILES string of the molecule is CCC1CCC(C(=O)CCc2ccc3c(c2)CCO3)C1. The summed E-state index contributed by atoms with van der Waals surface area (Å²) in [4.78, 5) is 12.3. The van der Waals surface area contributed by atoms with Crippen LogP contribution in [0.25, 0.3) is 0 Å². The quantitative estimate of drug-likeness (QED) is 0.811. The highest BCUT2D eigenvalue weighted by atomic mass is 16.5. The lowest BCUT2D eigenvalue weighted by Crippen LogP contribution is -2.12. The van der Waals surface area contributed by atoms with E-state index < -0.39 is 0 Å². The fourth-order valence-electron chi connectivity index (χ4n) is 3.61. The molecule has 1 aromatic carbocycles. The topological polar surface area (TPSA) is 26.3 Å². The molecule has 3 rings (SSSR count). The summed E-state index contributed by atoms with van der Waals surface area (Å²) in [6.07, 6.45) is 7.35. The molecule has 0 spiro atoms. The first-order valence-electron chi connectivity index (χ1n) is 8.03. The maximum atomic E-state index is 12.3. The van der Waals surface area contributed by atoms with Gasteiger partial charge in [-0.15, -0.1) is 0 Å². The Morgan fingerprint density at radius 2 is 2.25 bits per heavy atom. The van der Waals surface area contributed by atoms with Crippen LogP contribution in [0.3, 0.4) is 0 Å². The van der Waals surface area contributed by atoms with E-state index in [0.717, 1.165) is 44.0 Å². The van der Waals surface area contributed by atoms with E-state index in [1.807, 2.05) is 0 Å². The van der Waals surface area contributed by atoms with Crippen molar-refractivity contribution >= 4 is 5.78 Å². The Bertz CT molecular complexity index is 492. The molecule has 2 unspecified atom stereocenters. The fraction of sp³-hybridized carbons (Fsp3) is 0.611. The third kappa shape index (κ3) is 2.89. The second-order valence-corrected chi connectivity index (χ2v) is 6.29. The minimum absolute atomic E-state index is 0.345. The first kappa shape index (κ1) is 13.7. The molecule has 1 saturated carbocycles. The Balaban J connectivity index is 1.53. The smallest absolute Gasteiger partial charge is 0.136 e. The summed E-state index contributed by atoms with van der Waals surface area (Å²) in [5.74, 6) is 2.65. The van der Waals surface area contributed by atoms with Crippen molar-refractivity contribution in [2.45, 2.75) is 51.9 Å². The predicted octanol–water partition coefficient (Wildman–Crippen LogP) is 3.95. The molecule has 2 atom stereocenters. The molecule has 1 aliphatic heterocycles. The maximum Gasteiger partial charge on any atom is 0.136 e. The van der Waals surface area contributed by atoms with E-state index in [1.165, 1.54) is 24.0 Å². The number of ether oxygens (including phenoxy) is 1. The van der Waals surface area contributed by atoms with Gasteiger partial charge in [0, 0.05) is 18.8 Å². The average molecular weight is 272 g/mol. The van der Waals surface area contributed by atoms with Crippen molar-refractivity contribution in [2.75, 3.05) is 6.61 Å². The van der Waals surface area contributed by atoms with Gasteiger partial charge in [0.15, 0.2) is 0 Å². The lowest BCUT2D eigenvalue weighted by Gasteiger charge is -2.09. The molecule has 2 nitrogen and oxygen atoms in total. The van der Waals surface area contributed by atoms with Gasteiger partial charge in [-0.3, -0.25) is 4.79 Å². The Labute approximate surface area is 121 Å². The van der Waals surface area contributed by atoms with Gasteiger partial charge in [-0.1, -0.05) is 25.5 Å². The van der Waals surface area contributed by atoms with Gasteiger partial charge >= 0.3 is 0 Å². The highest BCUT2D eigenvalue weighted by Gasteiger charge is 2.28. The van der Waals surface area contributed by atoms with Gasteiger partial charge in [0.25, 0.3) is 0 Å². The molecule has 0 radical (unpaired) electrons. The van der Waals surface area contributed by atoms with E-state index >= 15 is 0 Å². The van der Waals surface area contributed by atoms with Gasteiger partial charge in [0.2, 0.25) is 0 Å². The van der Waals surface area contributed by atoms with Gasteiger partial charge in [0.05, 0.1) is 6.61 Å². The van der Waals surface area contributed by atoms with Gasteiger partial charge in [-0.05, 0) is 48.8 Å². The van der Waals surface area contributed by atoms with Crippen LogP contribution in [0, 0.1) is 11.8 Å². The van der Waals surface area contributed by atoms with Crippen molar-refractivity contribution in [3.05, 3.63) is 29.3 Å².